The van der Waals surface area contributed by atoms with Crippen molar-refractivity contribution in [1.82, 2.24) is 0 Å². The van der Waals surface area contributed by atoms with E-state index in [9.17, 15) is 0 Å². The van der Waals surface area contributed by atoms with Crippen LogP contribution >= 0.6 is 0 Å². The Balaban J connectivity index is 1.57. The zero-order chi connectivity index (χ0) is 12.2. The van der Waals surface area contributed by atoms with E-state index >= 15 is 0 Å². The molecule has 5 aliphatic rings. The minimum absolute atomic E-state index is 0.143. The first kappa shape index (κ1) is 10.2. The fourth-order valence-corrected chi connectivity index (χ4v) is 5.25. The molecule has 96 valence electrons. The molecule has 2 heterocycles. The lowest BCUT2D eigenvalue weighted by molar-refractivity contribution is 0.180. The summed E-state index contributed by atoms with van der Waals surface area (Å²) in [5.74, 6) is 0. The third kappa shape index (κ3) is 0.905. The van der Waals surface area contributed by atoms with Gasteiger partial charge in [-0.3, -0.25) is 0 Å². The van der Waals surface area contributed by atoms with Crippen LogP contribution < -0.4 is 0 Å². The SMILES string of the molecule is CC1=CCC23CC45CC(C)=CCC4(CC2(C1)O3)O5. The van der Waals surface area contributed by atoms with Gasteiger partial charge in [-0.1, -0.05) is 23.3 Å². The molecule has 0 bridgehead atoms. The molecule has 0 aromatic rings. The molecule has 3 fully saturated rings. The molecule has 0 spiro atoms. The molecular weight excluding hydrogens is 224 g/mol. The molecule has 5 rings (SSSR count). The second kappa shape index (κ2) is 2.51. The fraction of sp³-hybridized carbons (Fsp3) is 0.750. The normalized spacial score (nSPS) is 59.4. The topological polar surface area (TPSA) is 25.1 Å². The monoisotopic (exact) mass is 244 g/mol. The standard InChI is InChI=1S/C16H20O2/c1-11-3-5-13-10-16-8-12(2)4-6-14(16,18-16)9-15(13,7-11)17-13/h3-4H,5-10H2,1-2H3. The maximum absolute atomic E-state index is 6.35. The van der Waals surface area contributed by atoms with Gasteiger partial charge in [0.15, 0.2) is 0 Å². The quantitative estimate of drug-likeness (QED) is 0.482. The van der Waals surface area contributed by atoms with Crippen molar-refractivity contribution in [3.05, 3.63) is 23.3 Å². The molecule has 4 atom stereocenters. The summed E-state index contributed by atoms with van der Waals surface area (Å²) in [6.45, 7) is 4.50. The molecule has 2 saturated heterocycles. The number of hydrogen-bond acceptors (Lipinski definition) is 2. The van der Waals surface area contributed by atoms with Crippen LogP contribution in [-0.4, -0.2) is 22.4 Å². The highest BCUT2D eigenvalue weighted by Gasteiger charge is 2.86. The maximum atomic E-state index is 6.35. The van der Waals surface area contributed by atoms with E-state index in [2.05, 4.69) is 26.0 Å². The number of epoxide rings is 2. The smallest absolute Gasteiger partial charge is 0.105 e. The van der Waals surface area contributed by atoms with E-state index in [1.54, 1.807) is 0 Å². The first-order valence-corrected chi connectivity index (χ1v) is 7.25. The van der Waals surface area contributed by atoms with Crippen molar-refractivity contribution in [2.75, 3.05) is 0 Å². The minimum atomic E-state index is 0.143. The summed E-state index contributed by atoms with van der Waals surface area (Å²) in [6.07, 6.45) is 11.6. The fourth-order valence-electron chi connectivity index (χ4n) is 5.25. The molecule has 18 heavy (non-hydrogen) atoms. The van der Waals surface area contributed by atoms with E-state index in [0.717, 1.165) is 38.5 Å². The van der Waals surface area contributed by atoms with Gasteiger partial charge in [-0.05, 0) is 26.7 Å². The van der Waals surface area contributed by atoms with Gasteiger partial charge in [0.25, 0.3) is 0 Å². The minimum Gasteiger partial charge on any atom is -0.362 e. The Morgan fingerprint density at radius 1 is 0.778 bits per heavy atom. The summed E-state index contributed by atoms with van der Waals surface area (Å²) in [7, 11) is 0. The van der Waals surface area contributed by atoms with Crippen molar-refractivity contribution in [3.63, 3.8) is 0 Å². The van der Waals surface area contributed by atoms with E-state index in [0.29, 0.717) is 0 Å². The van der Waals surface area contributed by atoms with Crippen molar-refractivity contribution in [2.45, 2.75) is 74.8 Å². The van der Waals surface area contributed by atoms with Gasteiger partial charge in [-0.15, -0.1) is 0 Å². The second-order valence-corrected chi connectivity index (χ2v) is 7.40. The Morgan fingerprint density at radius 3 is 1.67 bits per heavy atom. The average Bonchev–Trinajstić information content (AvgIpc) is 3.10. The first-order valence-electron chi connectivity index (χ1n) is 7.25. The molecule has 0 aromatic heterocycles. The van der Waals surface area contributed by atoms with Crippen molar-refractivity contribution >= 4 is 0 Å². The Kier molecular flexibility index (Phi) is 1.42. The van der Waals surface area contributed by atoms with E-state index < -0.39 is 0 Å². The van der Waals surface area contributed by atoms with Crippen molar-refractivity contribution in [1.29, 1.82) is 0 Å². The highest BCUT2D eigenvalue weighted by atomic mass is 16.7. The van der Waals surface area contributed by atoms with Crippen LogP contribution in [0.2, 0.25) is 0 Å². The summed E-state index contributed by atoms with van der Waals surface area (Å²) < 4.78 is 12.7. The van der Waals surface area contributed by atoms with E-state index in [4.69, 9.17) is 9.47 Å². The Labute approximate surface area is 108 Å². The summed E-state index contributed by atoms with van der Waals surface area (Å²) in [5.41, 5.74) is 3.59. The van der Waals surface area contributed by atoms with Gasteiger partial charge in [0, 0.05) is 25.7 Å². The van der Waals surface area contributed by atoms with Crippen LogP contribution in [0.1, 0.15) is 52.4 Å². The Hall–Kier alpha value is -0.600. The van der Waals surface area contributed by atoms with E-state index in [1.165, 1.54) is 11.1 Å². The van der Waals surface area contributed by atoms with Crippen LogP contribution in [0.5, 0.6) is 0 Å². The highest BCUT2D eigenvalue weighted by Crippen LogP contribution is 2.77. The Bertz CT molecular complexity index is 485. The van der Waals surface area contributed by atoms with Crippen molar-refractivity contribution in [2.24, 2.45) is 0 Å². The molecule has 0 N–H and O–H groups in total. The van der Waals surface area contributed by atoms with Crippen LogP contribution in [0.15, 0.2) is 23.3 Å². The maximum Gasteiger partial charge on any atom is 0.105 e. The van der Waals surface area contributed by atoms with Gasteiger partial charge >= 0.3 is 0 Å². The van der Waals surface area contributed by atoms with Crippen LogP contribution in [0, 0.1) is 0 Å². The van der Waals surface area contributed by atoms with Crippen molar-refractivity contribution < 1.29 is 9.47 Å². The lowest BCUT2D eigenvalue weighted by Gasteiger charge is -2.36. The molecule has 0 radical (unpaired) electrons. The lowest BCUT2D eigenvalue weighted by atomic mass is 9.60. The predicted molar refractivity (Wildman–Crippen MR) is 68.3 cm³/mol. The Morgan fingerprint density at radius 2 is 1.22 bits per heavy atom. The van der Waals surface area contributed by atoms with Gasteiger partial charge in [0.1, 0.15) is 22.4 Å². The molecule has 4 unspecified atom stereocenters. The molecule has 2 nitrogen and oxygen atoms in total. The lowest BCUT2D eigenvalue weighted by Crippen LogP contribution is -2.46. The van der Waals surface area contributed by atoms with Gasteiger partial charge in [0.2, 0.25) is 0 Å². The van der Waals surface area contributed by atoms with Crippen molar-refractivity contribution in [3.8, 4) is 0 Å². The van der Waals surface area contributed by atoms with Crippen LogP contribution in [0.25, 0.3) is 0 Å². The average molecular weight is 244 g/mol. The third-order valence-electron chi connectivity index (χ3n) is 6.19. The third-order valence-corrected chi connectivity index (χ3v) is 6.19. The van der Waals surface area contributed by atoms with E-state index in [1.807, 2.05) is 0 Å². The number of hydrogen-bond donors (Lipinski definition) is 0. The molecule has 0 aromatic carbocycles. The summed E-state index contributed by atoms with van der Waals surface area (Å²) in [6, 6.07) is 0. The van der Waals surface area contributed by atoms with Gasteiger partial charge < -0.3 is 9.47 Å². The molecule has 2 aliphatic heterocycles. The molecular formula is C16H20O2. The molecule has 3 aliphatic carbocycles. The van der Waals surface area contributed by atoms with Crippen LogP contribution in [0.3, 0.4) is 0 Å². The van der Waals surface area contributed by atoms with Gasteiger partial charge in [-0.25, -0.2) is 0 Å². The highest BCUT2D eigenvalue weighted by molar-refractivity contribution is 5.42. The molecule has 2 heteroatoms. The van der Waals surface area contributed by atoms with Gasteiger partial charge in [0.05, 0.1) is 0 Å². The van der Waals surface area contributed by atoms with E-state index in [-0.39, 0.29) is 22.4 Å². The second-order valence-electron chi connectivity index (χ2n) is 7.40. The zero-order valence-electron chi connectivity index (χ0n) is 11.2. The first-order chi connectivity index (χ1) is 8.53. The van der Waals surface area contributed by atoms with Gasteiger partial charge in [-0.2, -0.15) is 0 Å². The molecule has 1 saturated carbocycles. The largest absolute Gasteiger partial charge is 0.362 e. The number of rotatable bonds is 0. The number of ether oxygens (including phenoxy) is 2. The summed E-state index contributed by atoms with van der Waals surface area (Å²) in [4.78, 5) is 0. The van der Waals surface area contributed by atoms with Crippen LogP contribution in [-0.2, 0) is 9.47 Å². The summed E-state index contributed by atoms with van der Waals surface area (Å²) >= 11 is 0. The van der Waals surface area contributed by atoms with Crippen LogP contribution in [0.4, 0.5) is 0 Å². The predicted octanol–water partition coefficient (Wildman–Crippen LogP) is 3.28. The zero-order valence-corrected chi connectivity index (χ0v) is 11.2. The summed E-state index contributed by atoms with van der Waals surface area (Å²) in [5, 5.41) is 0. The molecule has 0 amide bonds.